The van der Waals surface area contributed by atoms with Crippen LogP contribution in [-0.2, 0) is 15.7 Å². The number of methoxy groups -OCH3 is 1. The van der Waals surface area contributed by atoms with Crippen LogP contribution in [0, 0.1) is 11.3 Å². The summed E-state index contributed by atoms with van der Waals surface area (Å²) in [6.45, 7) is 0.101. The van der Waals surface area contributed by atoms with E-state index in [1.165, 1.54) is 28.7 Å². The largest absolute Gasteiger partial charge is 0.493 e. The predicted octanol–water partition coefficient (Wildman–Crippen LogP) is 1.71. The topological polar surface area (TPSA) is 100 Å². The van der Waals surface area contributed by atoms with E-state index in [4.69, 9.17) is 10.00 Å². The Morgan fingerprint density at radius 2 is 2.14 bits per heavy atom. The van der Waals surface area contributed by atoms with Crippen molar-refractivity contribution in [1.82, 2.24) is 14.0 Å². The molecule has 0 spiro atoms. The molecule has 2 aliphatic rings. The number of hydrogen-bond donors (Lipinski definition) is 1. The molecule has 2 aromatic rings. The van der Waals surface area contributed by atoms with Gasteiger partial charge in [0, 0.05) is 13.7 Å². The first-order valence-electron chi connectivity index (χ1n) is 8.65. The molecule has 2 bridgehead atoms. The van der Waals surface area contributed by atoms with Crippen molar-refractivity contribution in [3.05, 3.63) is 45.5 Å². The summed E-state index contributed by atoms with van der Waals surface area (Å²) in [5.41, 5.74) is -2.50. The van der Waals surface area contributed by atoms with E-state index >= 15 is 0 Å². The highest BCUT2D eigenvalue weighted by molar-refractivity contribution is 5.78. The Hall–Kier alpha value is -3.26. The Bertz CT molecular complexity index is 1110. The number of alkyl halides is 3. The van der Waals surface area contributed by atoms with Crippen LogP contribution in [0.25, 0.3) is 5.69 Å². The molecule has 2 aliphatic heterocycles. The highest BCUT2D eigenvalue weighted by Gasteiger charge is 2.49. The minimum Gasteiger partial charge on any atom is -0.493 e. The quantitative estimate of drug-likeness (QED) is 0.834. The van der Waals surface area contributed by atoms with Gasteiger partial charge < -0.3 is 14.7 Å². The summed E-state index contributed by atoms with van der Waals surface area (Å²) in [6.07, 6.45) is -4.36. The SMILES string of the molecule is COCC(=O)N1C[C@@H]2C[C@H]1c1c(O)n(-c3ccc(C#N)c(C(F)(F)F)c3)c(=O)n12. The molecule has 1 amide bonds. The average Bonchev–Trinajstić information content (AvgIpc) is 3.32. The second-order valence-corrected chi connectivity index (χ2v) is 6.92. The first-order valence-corrected chi connectivity index (χ1v) is 8.65. The van der Waals surface area contributed by atoms with Gasteiger partial charge in [0.2, 0.25) is 11.8 Å². The summed E-state index contributed by atoms with van der Waals surface area (Å²) in [4.78, 5) is 26.6. The van der Waals surface area contributed by atoms with Crippen molar-refractivity contribution in [3.8, 4) is 17.6 Å². The fourth-order valence-corrected chi connectivity index (χ4v) is 4.16. The lowest BCUT2D eigenvalue weighted by molar-refractivity contribution is -0.138. The number of aromatic hydroxyl groups is 1. The van der Waals surface area contributed by atoms with E-state index in [1.54, 1.807) is 0 Å². The van der Waals surface area contributed by atoms with Crippen LogP contribution in [0.15, 0.2) is 23.0 Å². The number of halogens is 3. The summed E-state index contributed by atoms with van der Waals surface area (Å²) in [5, 5.41) is 19.6. The molecule has 1 N–H and O–H groups in total. The van der Waals surface area contributed by atoms with Gasteiger partial charge in [0.05, 0.1) is 35.0 Å². The Labute approximate surface area is 161 Å². The zero-order valence-corrected chi connectivity index (χ0v) is 15.1. The van der Waals surface area contributed by atoms with E-state index in [0.29, 0.717) is 12.5 Å². The molecular weight excluding hydrogens is 393 g/mol. The molecule has 29 heavy (non-hydrogen) atoms. The zero-order valence-electron chi connectivity index (χ0n) is 15.1. The molecule has 0 radical (unpaired) electrons. The third-order valence-electron chi connectivity index (χ3n) is 5.33. The molecule has 0 unspecified atom stereocenters. The van der Waals surface area contributed by atoms with Crippen LogP contribution in [-0.4, -0.2) is 45.3 Å². The van der Waals surface area contributed by atoms with Gasteiger partial charge in [-0.05, 0) is 24.6 Å². The number of aromatic nitrogens is 2. The number of nitrogens with zero attached hydrogens (tertiary/aromatic N) is 4. The number of carbonyl (C=O) groups excluding carboxylic acids is 1. The number of carbonyl (C=O) groups is 1. The second-order valence-electron chi connectivity index (χ2n) is 6.92. The third kappa shape index (κ3) is 2.71. The minimum absolute atomic E-state index is 0.153. The number of nitriles is 1. The van der Waals surface area contributed by atoms with Crippen molar-refractivity contribution in [2.75, 3.05) is 20.3 Å². The van der Waals surface area contributed by atoms with Crippen molar-refractivity contribution in [2.45, 2.75) is 24.7 Å². The Morgan fingerprint density at radius 1 is 1.41 bits per heavy atom. The van der Waals surface area contributed by atoms with Gasteiger partial charge in [-0.1, -0.05) is 0 Å². The Morgan fingerprint density at radius 3 is 2.76 bits per heavy atom. The molecular formula is C18H15F3N4O4. The monoisotopic (exact) mass is 408 g/mol. The molecule has 8 nitrogen and oxygen atoms in total. The lowest BCUT2D eigenvalue weighted by Gasteiger charge is -2.27. The maximum absolute atomic E-state index is 13.3. The third-order valence-corrected chi connectivity index (χ3v) is 5.33. The molecule has 3 heterocycles. The number of imidazole rings is 1. The molecule has 1 saturated heterocycles. The molecule has 1 aromatic carbocycles. The number of hydrogen-bond acceptors (Lipinski definition) is 5. The standard InChI is InChI=1S/C18H15F3N4O4/c1-29-8-14(26)23-7-11-5-13(23)15-16(27)25(17(28)24(11)15)10-3-2-9(6-22)12(4-10)18(19,20)21/h2-4,11,13,27H,5,7-8H2,1H3/t11-,13-/m0/s1. The van der Waals surface area contributed by atoms with Gasteiger partial charge >= 0.3 is 11.9 Å². The predicted molar refractivity (Wildman–Crippen MR) is 91.4 cm³/mol. The average molecular weight is 408 g/mol. The van der Waals surface area contributed by atoms with Gasteiger partial charge in [-0.2, -0.15) is 18.4 Å². The van der Waals surface area contributed by atoms with Crippen molar-refractivity contribution in [1.29, 1.82) is 5.26 Å². The molecule has 1 aromatic heterocycles. The van der Waals surface area contributed by atoms with Crippen LogP contribution >= 0.6 is 0 Å². The normalized spacial score (nSPS) is 20.0. The summed E-state index contributed by atoms with van der Waals surface area (Å²) in [7, 11) is 1.37. The highest BCUT2D eigenvalue weighted by Crippen LogP contribution is 2.48. The van der Waals surface area contributed by atoms with Gasteiger partial charge in [0.15, 0.2) is 0 Å². The van der Waals surface area contributed by atoms with Gasteiger partial charge in [-0.25, -0.2) is 9.36 Å². The van der Waals surface area contributed by atoms with E-state index in [1.807, 2.05) is 0 Å². The molecule has 4 rings (SSSR count). The fourth-order valence-electron chi connectivity index (χ4n) is 4.16. The zero-order chi connectivity index (χ0) is 21.1. The molecule has 11 heteroatoms. The van der Waals surface area contributed by atoms with E-state index in [-0.39, 0.29) is 36.5 Å². The second kappa shape index (κ2) is 6.38. The fraction of sp³-hybridized carbons (Fsp3) is 0.389. The van der Waals surface area contributed by atoms with Crippen LogP contribution in [0.2, 0.25) is 0 Å². The van der Waals surface area contributed by atoms with Crippen LogP contribution in [0.4, 0.5) is 13.2 Å². The summed E-state index contributed by atoms with van der Waals surface area (Å²) in [5.74, 6) is -0.821. The summed E-state index contributed by atoms with van der Waals surface area (Å²) in [6, 6.07) is 3.31. The molecule has 0 saturated carbocycles. The number of amides is 1. The first kappa shape index (κ1) is 19.1. The van der Waals surface area contributed by atoms with Crippen LogP contribution in [0.3, 0.4) is 0 Å². The molecule has 152 valence electrons. The van der Waals surface area contributed by atoms with Crippen molar-refractivity contribution in [3.63, 3.8) is 0 Å². The smallest absolute Gasteiger partial charge is 0.417 e. The number of benzene rings is 1. The van der Waals surface area contributed by atoms with Gasteiger partial charge in [-0.15, -0.1) is 0 Å². The summed E-state index contributed by atoms with van der Waals surface area (Å²) < 4.78 is 46.8. The highest BCUT2D eigenvalue weighted by atomic mass is 19.4. The van der Waals surface area contributed by atoms with Gasteiger partial charge in [-0.3, -0.25) is 9.36 Å². The Kier molecular flexibility index (Phi) is 4.20. The van der Waals surface area contributed by atoms with Crippen molar-refractivity contribution < 1.29 is 27.8 Å². The number of rotatable bonds is 3. The minimum atomic E-state index is -4.80. The number of ether oxygens (including phenoxy) is 1. The van der Waals surface area contributed by atoms with Crippen LogP contribution < -0.4 is 5.69 Å². The van der Waals surface area contributed by atoms with Crippen molar-refractivity contribution in [2.24, 2.45) is 0 Å². The van der Waals surface area contributed by atoms with E-state index < -0.39 is 34.9 Å². The summed E-state index contributed by atoms with van der Waals surface area (Å²) >= 11 is 0. The van der Waals surface area contributed by atoms with Crippen LogP contribution in [0.5, 0.6) is 5.88 Å². The van der Waals surface area contributed by atoms with Crippen LogP contribution in [0.1, 0.15) is 35.3 Å². The lowest BCUT2D eigenvalue weighted by Crippen LogP contribution is -2.39. The number of fused-ring (bicyclic) bond motifs is 5. The maximum atomic E-state index is 13.3. The van der Waals surface area contributed by atoms with Gasteiger partial charge in [0.1, 0.15) is 12.3 Å². The van der Waals surface area contributed by atoms with E-state index in [0.717, 1.165) is 10.6 Å². The van der Waals surface area contributed by atoms with Gasteiger partial charge in [0.25, 0.3) is 0 Å². The van der Waals surface area contributed by atoms with Crippen molar-refractivity contribution >= 4 is 5.91 Å². The molecule has 2 atom stereocenters. The maximum Gasteiger partial charge on any atom is 0.417 e. The van der Waals surface area contributed by atoms with E-state index in [2.05, 4.69) is 0 Å². The molecule has 1 fully saturated rings. The lowest BCUT2D eigenvalue weighted by atomic mass is 10.1. The Balaban J connectivity index is 1.83. The molecule has 0 aliphatic carbocycles. The van der Waals surface area contributed by atoms with E-state index in [9.17, 15) is 27.9 Å². The first-order chi connectivity index (χ1) is 13.7. The number of likely N-dealkylation sites (tertiary alicyclic amines) is 1.